The Balaban J connectivity index is 2.11. The molecule has 5 atom stereocenters. The minimum absolute atomic E-state index is 0.149. The first kappa shape index (κ1) is 18.0. The normalized spacial score (nSPS) is 31.7. The molecule has 2 aromatic carbocycles. The van der Waals surface area contributed by atoms with E-state index in [1.54, 1.807) is 0 Å². The SMILES string of the molecule is [2H]C([2H])(c1cc(F)c(OC)c(F)c1)c1cc([C@]2([2H])O[C@H](CO)[C@@H](O)[C@H](O)[C@H]2O)ccc1Cl. The van der Waals surface area contributed by atoms with E-state index < -0.39 is 66.4 Å². The highest BCUT2D eigenvalue weighted by molar-refractivity contribution is 6.31. The van der Waals surface area contributed by atoms with Crippen molar-refractivity contribution in [2.75, 3.05) is 13.7 Å². The third kappa shape index (κ3) is 4.37. The van der Waals surface area contributed by atoms with Crippen molar-refractivity contribution >= 4 is 11.6 Å². The van der Waals surface area contributed by atoms with Gasteiger partial charge < -0.3 is 29.9 Å². The number of aliphatic hydroxyl groups excluding tert-OH is 4. The molecule has 0 amide bonds. The highest BCUT2D eigenvalue weighted by Gasteiger charge is 2.44. The fourth-order valence-electron chi connectivity index (χ4n) is 3.01. The van der Waals surface area contributed by atoms with E-state index in [0.717, 1.165) is 25.3 Å². The highest BCUT2D eigenvalue weighted by Crippen LogP contribution is 2.34. The first-order valence-corrected chi connectivity index (χ1v) is 8.93. The van der Waals surface area contributed by atoms with Crippen LogP contribution in [0, 0.1) is 11.6 Å². The van der Waals surface area contributed by atoms with E-state index in [1.165, 1.54) is 12.1 Å². The zero-order chi connectivity index (χ0) is 24.0. The van der Waals surface area contributed by atoms with Gasteiger partial charge in [-0.3, -0.25) is 0 Å². The van der Waals surface area contributed by atoms with Crippen LogP contribution in [0.15, 0.2) is 30.3 Å². The van der Waals surface area contributed by atoms with Crippen LogP contribution in [0.4, 0.5) is 8.78 Å². The summed E-state index contributed by atoms with van der Waals surface area (Å²) in [5.74, 6) is -2.95. The largest absolute Gasteiger partial charge is 0.491 e. The molecule has 6 nitrogen and oxygen atoms in total. The predicted molar refractivity (Wildman–Crippen MR) is 99.9 cm³/mol. The Labute approximate surface area is 175 Å². The summed E-state index contributed by atoms with van der Waals surface area (Å²) < 4.78 is 63.8. The van der Waals surface area contributed by atoms with Gasteiger partial charge in [0.1, 0.15) is 30.5 Å². The van der Waals surface area contributed by atoms with Crippen LogP contribution in [0.2, 0.25) is 5.02 Å². The molecule has 0 aliphatic carbocycles. The lowest BCUT2D eigenvalue weighted by molar-refractivity contribution is -0.231. The van der Waals surface area contributed by atoms with Gasteiger partial charge in [0.15, 0.2) is 17.4 Å². The molecule has 9 heteroatoms. The second-order valence-electron chi connectivity index (χ2n) is 6.42. The topological polar surface area (TPSA) is 99.4 Å². The number of benzene rings is 2. The van der Waals surface area contributed by atoms with Gasteiger partial charge in [-0.15, -0.1) is 0 Å². The molecule has 1 fully saturated rings. The van der Waals surface area contributed by atoms with Gasteiger partial charge in [-0.1, -0.05) is 23.7 Å². The summed E-state index contributed by atoms with van der Waals surface area (Å²) in [6.45, 7) is -0.767. The molecule has 1 aliphatic heterocycles. The Hall–Kier alpha value is -1.81. The molecule has 0 aromatic heterocycles. The first-order chi connectivity index (χ1) is 14.9. The van der Waals surface area contributed by atoms with Crippen molar-refractivity contribution in [3.05, 3.63) is 63.7 Å². The molecule has 29 heavy (non-hydrogen) atoms. The second kappa shape index (κ2) is 8.91. The standard InChI is InChI=1S/C20H21ClF2O6/c1-28-20-13(22)5-9(6-14(20)23)4-11-7-10(2-3-12(11)21)19-18(27)17(26)16(25)15(8-24)29-19/h2-3,5-7,15-19,24-27H,4,8H2,1H3/t15-,16-,17+,18-,19+/m1/s1/i4D2,19D. The van der Waals surface area contributed by atoms with Gasteiger partial charge in [0, 0.05) is 7.76 Å². The Morgan fingerprint density at radius 2 is 1.79 bits per heavy atom. The smallest absolute Gasteiger partial charge is 0.190 e. The van der Waals surface area contributed by atoms with E-state index in [-0.39, 0.29) is 16.1 Å². The van der Waals surface area contributed by atoms with E-state index in [9.17, 15) is 29.2 Å². The zero-order valence-electron chi connectivity index (χ0n) is 18.1. The summed E-state index contributed by atoms with van der Waals surface area (Å²) in [6, 6.07) is 4.96. The Morgan fingerprint density at radius 3 is 2.38 bits per heavy atom. The van der Waals surface area contributed by atoms with E-state index in [0.29, 0.717) is 0 Å². The minimum atomic E-state index is -2.56. The van der Waals surface area contributed by atoms with Crippen molar-refractivity contribution < 1.29 is 42.8 Å². The lowest BCUT2D eigenvalue weighted by Crippen LogP contribution is -2.55. The molecule has 0 saturated carbocycles. The van der Waals surface area contributed by atoms with Crippen LogP contribution in [0.5, 0.6) is 5.75 Å². The molecule has 0 spiro atoms. The Kier molecular flexibility index (Phi) is 5.53. The van der Waals surface area contributed by atoms with E-state index in [4.69, 9.17) is 20.5 Å². The molecule has 1 heterocycles. The summed E-state index contributed by atoms with van der Waals surface area (Å²) >= 11 is 6.15. The number of methoxy groups -OCH3 is 1. The van der Waals surface area contributed by atoms with E-state index in [1.807, 2.05) is 0 Å². The fourth-order valence-corrected chi connectivity index (χ4v) is 3.17. The van der Waals surface area contributed by atoms with Crippen LogP contribution in [-0.2, 0) is 11.1 Å². The number of hydrogen-bond acceptors (Lipinski definition) is 6. The molecular formula is C20H21ClF2O6. The molecule has 1 aliphatic rings. The highest BCUT2D eigenvalue weighted by atomic mass is 35.5. The Morgan fingerprint density at radius 1 is 1.14 bits per heavy atom. The number of rotatable bonds is 5. The van der Waals surface area contributed by atoms with Gasteiger partial charge in [-0.05, 0) is 41.3 Å². The average Bonchev–Trinajstić information content (AvgIpc) is 2.74. The summed E-state index contributed by atoms with van der Waals surface area (Å²) in [6.07, 6.45) is -11.9. The lowest BCUT2D eigenvalue weighted by atomic mass is 9.90. The third-order valence-corrected chi connectivity index (χ3v) is 4.84. The molecular weight excluding hydrogens is 410 g/mol. The maximum absolute atomic E-state index is 14.2. The summed E-state index contributed by atoms with van der Waals surface area (Å²) in [5, 5.41) is 39.7. The number of halogens is 3. The summed E-state index contributed by atoms with van der Waals surface area (Å²) in [7, 11) is 1.06. The van der Waals surface area contributed by atoms with Crippen molar-refractivity contribution in [2.24, 2.45) is 0 Å². The van der Waals surface area contributed by atoms with Crippen LogP contribution >= 0.6 is 11.6 Å². The van der Waals surface area contributed by atoms with Gasteiger partial charge in [0.25, 0.3) is 0 Å². The first-order valence-electron chi connectivity index (χ1n) is 10.0. The van der Waals surface area contributed by atoms with Crippen molar-refractivity contribution in [1.82, 2.24) is 0 Å². The molecule has 3 rings (SSSR count). The van der Waals surface area contributed by atoms with E-state index >= 15 is 0 Å². The van der Waals surface area contributed by atoms with Crippen LogP contribution in [0.25, 0.3) is 0 Å². The average molecular weight is 434 g/mol. The Bertz CT molecular complexity index is 988. The predicted octanol–water partition coefficient (Wildman–Crippen LogP) is 1.73. The molecule has 0 unspecified atom stereocenters. The third-order valence-electron chi connectivity index (χ3n) is 4.51. The maximum atomic E-state index is 14.2. The van der Waals surface area contributed by atoms with Gasteiger partial charge in [-0.25, -0.2) is 8.78 Å². The van der Waals surface area contributed by atoms with Gasteiger partial charge in [-0.2, -0.15) is 0 Å². The van der Waals surface area contributed by atoms with Gasteiger partial charge >= 0.3 is 0 Å². The lowest BCUT2D eigenvalue weighted by Gasteiger charge is -2.40. The van der Waals surface area contributed by atoms with Crippen LogP contribution < -0.4 is 4.74 Å². The van der Waals surface area contributed by atoms with Crippen molar-refractivity contribution in [3.63, 3.8) is 0 Å². The maximum Gasteiger partial charge on any atom is 0.190 e. The second-order valence-corrected chi connectivity index (χ2v) is 6.83. The number of ether oxygens (including phenoxy) is 2. The fraction of sp³-hybridized carbons (Fsp3) is 0.400. The van der Waals surface area contributed by atoms with Crippen molar-refractivity contribution in [1.29, 1.82) is 0 Å². The molecule has 0 radical (unpaired) electrons. The van der Waals surface area contributed by atoms with Crippen molar-refractivity contribution in [2.45, 2.75) is 36.9 Å². The van der Waals surface area contributed by atoms with Gasteiger partial charge in [0.2, 0.25) is 0 Å². The quantitative estimate of drug-likeness (QED) is 0.573. The van der Waals surface area contributed by atoms with Crippen LogP contribution in [-0.4, -0.2) is 58.6 Å². The van der Waals surface area contributed by atoms with Crippen LogP contribution in [0.3, 0.4) is 0 Å². The zero-order valence-corrected chi connectivity index (χ0v) is 15.9. The van der Waals surface area contributed by atoms with Crippen molar-refractivity contribution in [3.8, 4) is 5.75 Å². The van der Waals surface area contributed by atoms with Crippen LogP contribution in [0.1, 0.15) is 26.9 Å². The minimum Gasteiger partial charge on any atom is -0.491 e. The molecule has 2 aromatic rings. The van der Waals surface area contributed by atoms with Gasteiger partial charge in [0.05, 0.1) is 15.1 Å². The van der Waals surface area contributed by atoms with E-state index in [2.05, 4.69) is 4.74 Å². The molecule has 4 N–H and O–H groups in total. The molecule has 158 valence electrons. The molecule has 0 bridgehead atoms. The number of hydrogen-bond donors (Lipinski definition) is 4. The summed E-state index contributed by atoms with van der Waals surface area (Å²) in [4.78, 5) is 0. The molecule has 1 saturated heterocycles. The summed E-state index contributed by atoms with van der Waals surface area (Å²) in [5.41, 5.74) is -0.906. The number of aliphatic hydroxyl groups is 4. The monoisotopic (exact) mass is 433 g/mol.